The van der Waals surface area contributed by atoms with E-state index < -0.39 is 66.7 Å². The van der Waals surface area contributed by atoms with Crippen molar-refractivity contribution < 1.29 is 74.4 Å². The van der Waals surface area contributed by atoms with Crippen molar-refractivity contribution in [3.05, 3.63) is 212 Å². The smallest absolute Gasteiger partial charge is 0.000884 e. The van der Waals surface area contributed by atoms with Crippen LogP contribution in [0.5, 0.6) is 0 Å². The van der Waals surface area contributed by atoms with Gasteiger partial charge in [-0.25, -0.2) is 9.59 Å². The fourth-order valence-corrected chi connectivity index (χ4v) is 12.4. The molecule has 25 heteroatoms. The predicted octanol–water partition coefficient (Wildman–Crippen LogP) is 17.1. The molecule has 5 nitrogen and oxygen atoms in total. The van der Waals surface area contributed by atoms with Gasteiger partial charge in [0.25, 0.3) is 0 Å². The summed E-state index contributed by atoms with van der Waals surface area (Å²) in [4.78, 5) is 22.6. The zero-order valence-electron chi connectivity index (χ0n) is 42.9. The minimum absolute atomic E-state index is 0.00583. The molecule has 0 saturated carbocycles. The van der Waals surface area contributed by atoms with Crippen molar-refractivity contribution in [3.8, 4) is 11.1 Å². The van der Waals surface area contributed by atoms with E-state index in [1.54, 1.807) is 27.7 Å². The van der Waals surface area contributed by atoms with E-state index in [9.17, 15) is 43.3 Å². The molecule has 8 aromatic rings. The fraction of sp³-hybridized carbons (Fsp3) is 0.125. The van der Waals surface area contributed by atoms with Gasteiger partial charge in [-0.05, 0) is 108 Å². The molecule has 0 radical (unpaired) electrons. The third-order valence-corrected chi connectivity index (χ3v) is 15.0. The Morgan fingerprint density at radius 3 is 0.901 bits per heavy atom. The van der Waals surface area contributed by atoms with Crippen molar-refractivity contribution in [2.75, 3.05) is 18.6 Å². The number of esters is 2. The summed E-state index contributed by atoms with van der Waals surface area (Å²) in [5.74, 6) is -1.24. The number of benzene rings is 8. The normalized spacial score (nSPS) is 12.4. The molecule has 0 unspecified atom stereocenters. The predicted molar refractivity (Wildman–Crippen MR) is 310 cm³/mol. The molecule has 0 N–H and O–H groups in total. The first-order valence-electron chi connectivity index (χ1n) is 23.2. The van der Waals surface area contributed by atoms with Gasteiger partial charge < -0.3 is 9.47 Å². The number of alkyl halides is 2. The Labute approximate surface area is 495 Å². The molecule has 0 aliphatic carbocycles. The van der Waals surface area contributed by atoms with Gasteiger partial charge in [0.1, 0.15) is 5.57 Å². The van der Waals surface area contributed by atoms with Gasteiger partial charge in [-0.2, -0.15) is 0 Å². The van der Waals surface area contributed by atoms with Crippen molar-refractivity contribution >= 4 is 157 Å². The summed E-state index contributed by atoms with van der Waals surface area (Å²) in [6.45, 7) is 11.7. The van der Waals surface area contributed by atoms with E-state index in [0.717, 1.165) is 0 Å². The first-order chi connectivity index (χ1) is 37.7. The molecule has 0 aliphatic rings. The topological polar surface area (TPSA) is 72.5 Å². The number of ether oxygens (including phenoxy) is 2. The molecule has 0 heterocycles. The summed E-state index contributed by atoms with van der Waals surface area (Å²) in [7, 11) is -1.70. The van der Waals surface area contributed by atoms with Gasteiger partial charge in [0.05, 0.1) is 18.6 Å². The molecule has 0 aliphatic heterocycles. The van der Waals surface area contributed by atoms with Crippen LogP contribution in [0.2, 0.25) is 0 Å². The average Bonchev–Trinajstić information content (AvgIpc) is 3.40. The second-order valence-corrected chi connectivity index (χ2v) is 32.3. The molecular weight excluding hydrogens is 1630 g/mol. The van der Waals surface area contributed by atoms with Gasteiger partial charge in [-0.15, -0.1) is 23.2 Å². The number of fused-ring (bicyclic) bond motifs is 2. The molecule has 0 atom stereocenters. The van der Waals surface area contributed by atoms with Crippen molar-refractivity contribution in [2.45, 2.75) is 27.7 Å². The minimum Gasteiger partial charge on any atom is -0.0622 e. The molecule has 8 rings (SSSR count). The van der Waals surface area contributed by atoms with Crippen LogP contribution in [0, 0.1) is 6.65 Å². The van der Waals surface area contributed by atoms with Gasteiger partial charge in [-0.3, -0.25) is 0 Å². The van der Waals surface area contributed by atoms with Crippen LogP contribution in [0.1, 0.15) is 27.7 Å². The summed E-state index contributed by atoms with van der Waals surface area (Å²) in [5, 5.41) is 13.5. The molecule has 0 saturated heterocycles. The molecule has 0 amide bonds. The van der Waals surface area contributed by atoms with E-state index in [1.165, 1.54) is 64.5 Å². The zero-order valence-corrected chi connectivity index (χ0v) is 55.3. The molecule has 8 aromatic carbocycles. The number of carbonyl (C=O) groups excluding carboxylic acids is 2. The van der Waals surface area contributed by atoms with E-state index >= 15 is 0 Å². The molecule has 0 fully saturated rings. The molecule has 0 aromatic heterocycles. The summed E-state index contributed by atoms with van der Waals surface area (Å²) >= 11 is -8.22. The van der Waals surface area contributed by atoms with Gasteiger partial charge >= 0.3 is 126 Å². The van der Waals surface area contributed by atoms with Crippen LogP contribution >= 0.6 is 52.5 Å². The Balaban J connectivity index is 0.000000525. The Morgan fingerprint density at radius 2 is 0.679 bits per heavy atom. The molecule has 81 heavy (non-hydrogen) atoms. The Kier molecular flexibility index (Phi) is 28.3. The first-order valence-corrected chi connectivity index (χ1v) is 43.7. The quantitative estimate of drug-likeness (QED) is 0.0124. The minimum atomic E-state index is -11.2. The van der Waals surface area contributed by atoms with E-state index in [4.69, 9.17) is 37.3 Å². The van der Waals surface area contributed by atoms with Crippen LogP contribution < -0.4 is 31.8 Å². The largest absolute Gasteiger partial charge is 0.0622 e. The van der Waals surface area contributed by atoms with E-state index in [0.29, 0.717) is 5.57 Å². The molecule has 0 spiro atoms. The Morgan fingerprint density at radius 1 is 0.457 bits per heavy atom. The van der Waals surface area contributed by atoms with Crippen LogP contribution in [0.25, 0.3) is 32.7 Å². The fourth-order valence-electron chi connectivity index (χ4n) is 7.48. The second-order valence-electron chi connectivity index (χ2n) is 16.2. The Hall–Kier alpha value is -3.93. The average molecular weight is 1680 g/mol. The van der Waals surface area contributed by atoms with Crippen LogP contribution in [0.4, 0.5) is 33.8 Å². The van der Waals surface area contributed by atoms with Gasteiger partial charge in [0.15, 0.2) is 0 Å². The summed E-state index contributed by atoms with van der Waals surface area (Å²) < 4.78 is 136. The zero-order chi connectivity index (χ0) is 61.4. The maximum atomic E-state index is 11.3. The van der Waals surface area contributed by atoms with Gasteiger partial charge in [0.2, 0.25) is 0 Å². The SMILES string of the molecule is CCOC(=O)C(C(=O)OCC)=C(C)C.ClCCl.[Br][Ir+2].[C-]#[O+].[F][Sb-]([F])([F])([F])([F])[F].[F][Sb-]([F])([F])([F])([F])[F].c1ccc(P(c2ccccc2)c2ccc3ccccc3c2-c2c(P(c3ccccc3)c3ccccc3)ccc3ccccc23)cc1. The van der Waals surface area contributed by atoms with E-state index in [1.807, 2.05) is 16.9 Å². The van der Waals surface area contributed by atoms with Gasteiger partial charge in [-0.1, -0.05) is 200 Å². The number of halogens is 15. The maximum absolute atomic E-state index is 11.3. The maximum Gasteiger partial charge on any atom is -0.000884 e. The van der Waals surface area contributed by atoms with Crippen LogP contribution in [0.15, 0.2) is 205 Å². The third kappa shape index (κ3) is 28.0. The van der Waals surface area contributed by atoms with Gasteiger partial charge in [0, 0.05) is 0 Å². The second kappa shape index (κ2) is 31.3. The number of hydrogen-bond donors (Lipinski definition) is 0. The standard InChI is InChI=1S/C44H32P2.C10H16O4.CH2Cl2.CO.BrH.12FH.Ir.2Sb/c1-5-19-35(20-6-1)45(36-21-7-2-8-22-36)41-31-29-33-17-13-15-27-39(33)43(41)44-40-28-16-14-18-34(40)30-32-42(44)46(37-23-9-3-10-24-37)38-25-11-4-12-26-38;1-5-13-9(11)8(7(3)4)10(12)14-6-2;2-1-3;1-2;;;;;;;;;;;;;;;;/h1-32H;5-6H2,1-4H3;1H2;;13*1H;;;/q;;;;;;;;;;;;;;;;;+3;2*+5/p-13. The number of hydrogen-bond acceptors (Lipinski definition) is 4. The summed E-state index contributed by atoms with van der Waals surface area (Å²) in [5.41, 5.74) is 3.29. The monoisotopic (exact) mass is 1680 g/mol. The molecule has 438 valence electrons. The van der Waals surface area contributed by atoms with Crippen LogP contribution in [0.3, 0.4) is 0 Å². The van der Waals surface area contributed by atoms with Crippen molar-refractivity contribution in [2.24, 2.45) is 0 Å². The summed E-state index contributed by atoms with van der Waals surface area (Å²) in [6, 6.07) is 71.8. The first kappa shape index (κ1) is 73.2. The molecule has 0 bridgehead atoms. The number of carbonyl (C=O) groups is 2. The number of allylic oxidation sites excluding steroid dienone is 1. The van der Waals surface area contributed by atoms with Crippen LogP contribution in [-0.4, -0.2) is 69.4 Å². The Bertz CT molecular complexity index is 3030. The van der Waals surface area contributed by atoms with Crippen molar-refractivity contribution in [1.82, 2.24) is 0 Å². The third-order valence-electron chi connectivity index (χ3n) is 10.1. The number of rotatable bonds is 11. The van der Waals surface area contributed by atoms with Crippen molar-refractivity contribution in [1.29, 1.82) is 0 Å². The van der Waals surface area contributed by atoms with E-state index in [-0.39, 0.29) is 24.1 Å². The summed E-state index contributed by atoms with van der Waals surface area (Å²) in [6.07, 6.45) is 0. The van der Waals surface area contributed by atoms with Crippen LogP contribution in [-0.2, 0) is 40.6 Å². The molecular formula is C56H50BrCl2F12IrO5P2Sb2. The van der Waals surface area contributed by atoms with E-state index in [2.05, 4.69) is 214 Å². The van der Waals surface area contributed by atoms with Crippen molar-refractivity contribution in [3.63, 3.8) is 0 Å².